The number of thiophene rings is 1. The van der Waals surface area contributed by atoms with Gasteiger partial charge in [-0.3, -0.25) is 0 Å². The van der Waals surface area contributed by atoms with Crippen LogP contribution in [0.25, 0.3) is 21.3 Å². The van der Waals surface area contributed by atoms with Crippen LogP contribution in [0, 0.1) is 0 Å². The molecule has 3 heterocycles. The Morgan fingerprint density at radius 3 is 2.91 bits per heavy atom. The summed E-state index contributed by atoms with van der Waals surface area (Å²) < 4.78 is 29.9. The highest BCUT2D eigenvalue weighted by Gasteiger charge is 2.11. The Morgan fingerprint density at radius 2 is 2.18 bits per heavy atom. The fraction of sp³-hybridized carbons (Fsp3) is 0.214. The van der Waals surface area contributed by atoms with E-state index in [0.717, 1.165) is 32.5 Å². The van der Waals surface area contributed by atoms with Gasteiger partial charge in [0.1, 0.15) is 0 Å². The van der Waals surface area contributed by atoms with E-state index in [1.807, 2.05) is 29.6 Å². The molecule has 0 amide bonds. The van der Waals surface area contributed by atoms with E-state index < -0.39 is 10.0 Å². The molecule has 0 aliphatic carbocycles. The number of rotatable bonds is 6. The molecule has 0 aliphatic rings. The molecule has 0 saturated heterocycles. The van der Waals surface area contributed by atoms with Crippen LogP contribution in [0.1, 0.15) is 4.88 Å². The molecule has 0 aliphatic heterocycles. The predicted molar refractivity (Wildman–Crippen MR) is 89.7 cm³/mol. The molecule has 22 heavy (non-hydrogen) atoms. The molecule has 3 aromatic heterocycles. The van der Waals surface area contributed by atoms with Gasteiger partial charge in [0.25, 0.3) is 0 Å². The van der Waals surface area contributed by atoms with Gasteiger partial charge in [0, 0.05) is 16.8 Å². The number of nitrogens with one attached hydrogen (secondary N) is 1. The van der Waals surface area contributed by atoms with Crippen molar-refractivity contribution in [1.82, 2.24) is 9.71 Å². The zero-order valence-electron chi connectivity index (χ0n) is 11.8. The van der Waals surface area contributed by atoms with E-state index in [9.17, 15) is 8.42 Å². The van der Waals surface area contributed by atoms with Gasteiger partial charge in [0.2, 0.25) is 10.0 Å². The molecule has 0 atom stereocenters. The second-order valence-corrected chi connectivity index (χ2v) is 8.56. The fourth-order valence-corrected chi connectivity index (χ4v) is 4.21. The van der Waals surface area contributed by atoms with E-state index in [1.54, 1.807) is 28.9 Å². The van der Waals surface area contributed by atoms with Gasteiger partial charge >= 0.3 is 0 Å². The second kappa shape index (κ2) is 6.33. The molecule has 0 unspecified atom stereocenters. The van der Waals surface area contributed by atoms with Crippen molar-refractivity contribution in [3.05, 3.63) is 40.8 Å². The molecule has 1 N–H and O–H groups in total. The van der Waals surface area contributed by atoms with Gasteiger partial charge in [0.15, 0.2) is 10.8 Å². The standard InChI is InChI=1S/C14H14N2O3S3/c1-22(17,18)15-7-6-10-4-5-13(21-10)11-9-20-14(16-11)12-3-2-8-19-12/h2-5,8-9,15H,6-7H2,1H3. The number of nitrogens with zero attached hydrogens (tertiary/aromatic N) is 1. The Morgan fingerprint density at radius 1 is 1.32 bits per heavy atom. The van der Waals surface area contributed by atoms with Crippen LogP contribution in [0.5, 0.6) is 0 Å². The first kappa shape index (κ1) is 15.4. The van der Waals surface area contributed by atoms with Crippen molar-refractivity contribution in [2.45, 2.75) is 6.42 Å². The van der Waals surface area contributed by atoms with Crippen molar-refractivity contribution in [3.63, 3.8) is 0 Å². The lowest BCUT2D eigenvalue weighted by Crippen LogP contribution is -2.23. The Kier molecular flexibility index (Phi) is 4.44. The van der Waals surface area contributed by atoms with Crippen LogP contribution in [0.15, 0.2) is 40.3 Å². The molecule has 0 bridgehead atoms. The number of hydrogen-bond donors (Lipinski definition) is 1. The maximum atomic E-state index is 11.0. The summed E-state index contributed by atoms with van der Waals surface area (Å²) in [6, 6.07) is 7.76. The summed E-state index contributed by atoms with van der Waals surface area (Å²) in [6.07, 6.45) is 3.47. The third-order valence-electron chi connectivity index (χ3n) is 2.89. The minimum atomic E-state index is -3.13. The minimum absolute atomic E-state index is 0.410. The lowest BCUT2D eigenvalue weighted by Gasteiger charge is -1.99. The van der Waals surface area contributed by atoms with Gasteiger partial charge in [-0.1, -0.05) is 0 Å². The lowest BCUT2D eigenvalue weighted by atomic mass is 10.3. The molecular formula is C14H14N2O3S3. The summed E-state index contributed by atoms with van der Waals surface area (Å²) in [5.41, 5.74) is 0.920. The lowest BCUT2D eigenvalue weighted by molar-refractivity contribution is 0.582. The molecular weight excluding hydrogens is 340 g/mol. The molecule has 8 heteroatoms. The van der Waals surface area contributed by atoms with Crippen LogP contribution in [0.3, 0.4) is 0 Å². The van der Waals surface area contributed by atoms with Gasteiger partial charge in [0.05, 0.1) is 23.1 Å². The van der Waals surface area contributed by atoms with Crippen LogP contribution >= 0.6 is 22.7 Å². The zero-order valence-corrected chi connectivity index (χ0v) is 14.2. The summed E-state index contributed by atoms with van der Waals surface area (Å²) in [5.74, 6) is 0.769. The molecule has 0 spiro atoms. The van der Waals surface area contributed by atoms with E-state index >= 15 is 0 Å². The Balaban J connectivity index is 1.69. The Labute approximate surface area is 136 Å². The van der Waals surface area contributed by atoms with Crippen LogP contribution in [-0.2, 0) is 16.4 Å². The largest absolute Gasteiger partial charge is 0.462 e. The minimum Gasteiger partial charge on any atom is -0.462 e. The number of furan rings is 1. The molecule has 0 fully saturated rings. The molecule has 0 saturated carbocycles. The zero-order chi connectivity index (χ0) is 15.6. The molecule has 5 nitrogen and oxygen atoms in total. The van der Waals surface area contributed by atoms with Crippen LogP contribution in [0.2, 0.25) is 0 Å². The average Bonchev–Trinajstić information content (AvgIpc) is 3.18. The highest BCUT2D eigenvalue weighted by Crippen LogP contribution is 2.32. The number of hydrogen-bond acceptors (Lipinski definition) is 6. The van der Waals surface area contributed by atoms with E-state index in [1.165, 1.54) is 0 Å². The first-order valence-electron chi connectivity index (χ1n) is 6.54. The van der Waals surface area contributed by atoms with Crippen molar-refractivity contribution < 1.29 is 12.8 Å². The van der Waals surface area contributed by atoms with Crippen molar-refractivity contribution in [2.24, 2.45) is 0 Å². The Hall–Kier alpha value is -1.48. The predicted octanol–water partition coefficient (Wildman–Crippen LogP) is 3.22. The van der Waals surface area contributed by atoms with Crippen LogP contribution in [0.4, 0.5) is 0 Å². The van der Waals surface area contributed by atoms with Crippen LogP contribution in [-0.4, -0.2) is 26.2 Å². The van der Waals surface area contributed by atoms with Gasteiger partial charge in [-0.2, -0.15) is 0 Å². The summed E-state index contributed by atoms with van der Waals surface area (Å²) in [5, 5.41) is 2.86. The third kappa shape index (κ3) is 3.83. The van der Waals surface area contributed by atoms with E-state index in [-0.39, 0.29) is 0 Å². The maximum absolute atomic E-state index is 11.0. The van der Waals surface area contributed by atoms with Crippen LogP contribution < -0.4 is 4.72 Å². The third-order valence-corrected chi connectivity index (χ3v) is 5.64. The maximum Gasteiger partial charge on any atom is 0.208 e. The second-order valence-electron chi connectivity index (χ2n) is 4.70. The fourth-order valence-electron chi connectivity index (χ4n) is 1.91. The normalized spacial score (nSPS) is 11.9. The summed E-state index contributed by atoms with van der Waals surface area (Å²) in [7, 11) is -3.13. The average molecular weight is 354 g/mol. The van der Waals surface area contributed by atoms with Gasteiger partial charge in [-0.15, -0.1) is 22.7 Å². The van der Waals surface area contributed by atoms with Crippen molar-refractivity contribution in [2.75, 3.05) is 12.8 Å². The topological polar surface area (TPSA) is 72.2 Å². The van der Waals surface area contributed by atoms with Crippen molar-refractivity contribution in [3.8, 4) is 21.3 Å². The van der Waals surface area contributed by atoms with Crippen molar-refractivity contribution in [1.29, 1.82) is 0 Å². The SMILES string of the molecule is CS(=O)(=O)NCCc1ccc(-c2csc(-c3ccco3)n2)s1. The summed E-state index contributed by atoms with van der Waals surface area (Å²) in [4.78, 5) is 6.78. The molecule has 3 rings (SSSR count). The number of thiazole rings is 1. The van der Waals surface area contributed by atoms with E-state index in [4.69, 9.17) is 4.42 Å². The first-order valence-corrected chi connectivity index (χ1v) is 10.1. The quantitative estimate of drug-likeness (QED) is 0.738. The monoisotopic (exact) mass is 354 g/mol. The smallest absolute Gasteiger partial charge is 0.208 e. The van der Waals surface area contributed by atoms with Gasteiger partial charge in [-0.25, -0.2) is 18.1 Å². The number of aromatic nitrogens is 1. The molecule has 0 aromatic carbocycles. The molecule has 116 valence electrons. The first-order chi connectivity index (χ1) is 10.5. The van der Waals surface area contributed by atoms with E-state index in [0.29, 0.717) is 13.0 Å². The Bertz CT molecular complexity index is 848. The van der Waals surface area contributed by atoms with Gasteiger partial charge < -0.3 is 4.42 Å². The molecule has 3 aromatic rings. The summed E-state index contributed by atoms with van der Waals surface area (Å²) >= 11 is 3.17. The highest BCUT2D eigenvalue weighted by molar-refractivity contribution is 7.88. The number of sulfonamides is 1. The summed E-state index contributed by atoms with van der Waals surface area (Å²) in [6.45, 7) is 0.410. The van der Waals surface area contributed by atoms with Gasteiger partial charge in [-0.05, 0) is 30.7 Å². The van der Waals surface area contributed by atoms with Crippen molar-refractivity contribution >= 4 is 32.7 Å². The molecule has 0 radical (unpaired) electrons. The van der Waals surface area contributed by atoms with E-state index in [2.05, 4.69) is 9.71 Å². The highest BCUT2D eigenvalue weighted by atomic mass is 32.2.